The van der Waals surface area contributed by atoms with E-state index in [1.54, 1.807) is 12.1 Å². The van der Waals surface area contributed by atoms with Gasteiger partial charge in [-0.1, -0.05) is 15.9 Å². The molecule has 1 aliphatic rings. The second-order valence-corrected chi connectivity index (χ2v) is 5.32. The summed E-state index contributed by atoms with van der Waals surface area (Å²) in [4.78, 5) is 10.6. The molecule has 2 unspecified atom stereocenters. The maximum atomic E-state index is 11.0. The highest BCUT2D eigenvalue weighted by Crippen LogP contribution is 2.29. The van der Waals surface area contributed by atoms with Crippen molar-refractivity contribution in [3.63, 3.8) is 0 Å². The molecular formula is C12H15BrN2O3. The van der Waals surface area contributed by atoms with E-state index in [4.69, 9.17) is 4.74 Å². The smallest absolute Gasteiger partial charge is 0.292 e. The molecule has 1 aliphatic heterocycles. The summed E-state index contributed by atoms with van der Waals surface area (Å²) in [7, 11) is 0. The summed E-state index contributed by atoms with van der Waals surface area (Å²) in [5, 5.41) is 14.1. The minimum absolute atomic E-state index is 0.0560. The van der Waals surface area contributed by atoms with E-state index in [-0.39, 0.29) is 22.8 Å². The van der Waals surface area contributed by atoms with Crippen molar-refractivity contribution >= 4 is 27.3 Å². The Kier molecular flexibility index (Phi) is 4.19. The van der Waals surface area contributed by atoms with Crippen molar-refractivity contribution in [1.82, 2.24) is 0 Å². The molecule has 0 radical (unpaired) electrons. The molecule has 1 heterocycles. The fourth-order valence-corrected chi connectivity index (χ4v) is 2.48. The third-order valence-corrected chi connectivity index (χ3v) is 3.55. The lowest BCUT2D eigenvalue weighted by Crippen LogP contribution is -2.30. The van der Waals surface area contributed by atoms with Crippen LogP contribution in [0.4, 0.5) is 11.4 Å². The van der Waals surface area contributed by atoms with Crippen LogP contribution in [-0.2, 0) is 4.74 Å². The molecule has 2 rings (SSSR count). The Labute approximate surface area is 114 Å². The Hall–Kier alpha value is -1.14. The lowest BCUT2D eigenvalue weighted by atomic mass is 10.1. The number of rotatable bonds is 4. The van der Waals surface area contributed by atoms with E-state index in [0.29, 0.717) is 5.69 Å². The van der Waals surface area contributed by atoms with Crippen LogP contribution in [0.1, 0.15) is 19.8 Å². The van der Waals surface area contributed by atoms with Crippen molar-refractivity contribution < 1.29 is 9.66 Å². The van der Waals surface area contributed by atoms with Gasteiger partial charge in [-0.05, 0) is 31.9 Å². The number of benzene rings is 1. The second kappa shape index (κ2) is 5.67. The number of hydrogen-bond donors (Lipinski definition) is 1. The number of nitrogens with zero attached hydrogens (tertiary/aromatic N) is 1. The summed E-state index contributed by atoms with van der Waals surface area (Å²) in [6.07, 6.45) is 2.18. The highest BCUT2D eigenvalue weighted by atomic mass is 79.9. The number of nitro groups is 1. The summed E-state index contributed by atoms with van der Waals surface area (Å²) in [5.74, 6) is 0. The van der Waals surface area contributed by atoms with Gasteiger partial charge in [-0.25, -0.2) is 0 Å². The normalized spacial score (nSPS) is 20.7. The Morgan fingerprint density at radius 2 is 2.39 bits per heavy atom. The van der Waals surface area contributed by atoms with E-state index in [1.807, 2.05) is 6.92 Å². The van der Waals surface area contributed by atoms with E-state index in [9.17, 15) is 10.1 Å². The molecule has 0 aliphatic carbocycles. The third-order valence-electron chi connectivity index (χ3n) is 3.06. The fraction of sp³-hybridized carbons (Fsp3) is 0.500. The molecule has 0 spiro atoms. The minimum Gasteiger partial charge on any atom is -0.376 e. The van der Waals surface area contributed by atoms with Crippen molar-refractivity contribution in [2.75, 3.05) is 11.9 Å². The molecular weight excluding hydrogens is 300 g/mol. The molecule has 0 aromatic heterocycles. The van der Waals surface area contributed by atoms with Crippen molar-refractivity contribution in [3.05, 3.63) is 32.8 Å². The topological polar surface area (TPSA) is 64.4 Å². The van der Waals surface area contributed by atoms with Gasteiger partial charge in [0.1, 0.15) is 5.69 Å². The third kappa shape index (κ3) is 3.00. The molecule has 1 fully saturated rings. The van der Waals surface area contributed by atoms with Gasteiger partial charge in [-0.15, -0.1) is 0 Å². The quantitative estimate of drug-likeness (QED) is 0.684. The number of nitro benzene ring substituents is 1. The lowest BCUT2D eigenvalue weighted by Gasteiger charge is -2.21. The van der Waals surface area contributed by atoms with Crippen LogP contribution in [0.2, 0.25) is 0 Å². The monoisotopic (exact) mass is 314 g/mol. The predicted molar refractivity (Wildman–Crippen MR) is 72.9 cm³/mol. The Morgan fingerprint density at radius 3 is 3.00 bits per heavy atom. The van der Waals surface area contributed by atoms with E-state index in [0.717, 1.165) is 23.9 Å². The zero-order valence-corrected chi connectivity index (χ0v) is 11.6. The average molecular weight is 315 g/mol. The van der Waals surface area contributed by atoms with Gasteiger partial charge in [0.05, 0.1) is 11.0 Å². The van der Waals surface area contributed by atoms with Crippen molar-refractivity contribution in [1.29, 1.82) is 0 Å². The summed E-state index contributed by atoms with van der Waals surface area (Å²) < 4.78 is 6.39. The summed E-state index contributed by atoms with van der Waals surface area (Å²) in [6.45, 7) is 2.76. The van der Waals surface area contributed by atoms with Crippen LogP contribution in [0.25, 0.3) is 0 Å². The molecule has 0 saturated carbocycles. The predicted octanol–water partition coefficient (Wildman–Crippen LogP) is 3.34. The van der Waals surface area contributed by atoms with Gasteiger partial charge in [-0.3, -0.25) is 10.1 Å². The van der Waals surface area contributed by atoms with Crippen LogP contribution in [0, 0.1) is 10.1 Å². The Balaban J connectivity index is 2.16. The van der Waals surface area contributed by atoms with E-state index < -0.39 is 0 Å². The SMILES string of the molecule is CC(Nc1cc(Br)ccc1[N+](=O)[O-])C1CCCO1. The van der Waals surface area contributed by atoms with Gasteiger partial charge in [-0.2, -0.15) is 0 Å². The van der Waals surface area contributed by atoms with Crippen molar-refractivity contribution in [3.8, 4) is 0 Å². The van der Waals surface area contributed by atoms with Gasteiger partial charge >= 0.3 is 0 Å². The zero-order valence-electron chi connectivity index (χ0n) is 10.1. The molecule has 5 nitrogen and oxygen atoms in total. The summed E-state index contributed by atoms with van der Waals surface area (Å²) >= 11 is 3.33. The first-order chi connectivity index (χ1) is 8.58. The van der Waals surface area contributed by atoms with Crippen LogP contribution in [0.5, 0.6) is 0 Å². The molecule has 0 bridgehead atoms. The number of hydrogen-bond acceptors (Lipinski definition) is 4. The number of anilines is 1. The molecule has 1 saturated heterocycles. The maximum Gasteiger partial charge on any atom is 0.292 e. The molecule has 98 valence electrons. The zero-order chi connectivity index (χ0) is 13.1. The Bertz CT molecular complexity index is 447. The first-order valence-corrected chi connectivity index (χ1v) is 6.69. The number of ether oxygens (including phenoxy) is 1. The molecule has 1 N–H and O–H groups in total. The molecule has 2 atom stereocenters. The summed E-state index contributed by atoms with van der Waals surface area (Å²) in [6, 6.07) is 4.94. The standard InChI is InChI=1S/C12H15BrN2O3/c1-8(12-3-2-6-18-12)14-10-7-9(13)4-5-11(10)15(16)17/h4-5,7-8,12,14H,2-3,6H2,1H3. The minimum atomic E-state index is -0.378. The fourth-order valence-electron chi connectivity index (χ4n) is 2.12. The summed E-state index contributed by atoms with van der Waals surface area (Å²) in [5.41, 5.74) is 0.612. The molecule has 1 aromatic rings. The number of nitrogens with one attached hydrogen (secondary N) is 1. The van der Waals surface area contributed by atoms with E-state index in [1.165, 1.54) is 6.07 Å². The second-order valence-electron chi connectivity index (χ2n) is 4.40. The maximum absolute atomic E-state index is 11.0. The van der Waals surface area contributed by atoms with Crippen molar-refractivity contribution in [2.45, 2.75) is 31.9 Å². The van der Waals surface area contributed by atoms with Gasteiger partial charge in [0.2, 0.25) is 0 Å². The van der Waals surface area contributed by atoms with Crippen LogP contribution in [0.15, 0.2) is 22.7 Å². The Morgan fingerprint density at radius 1 is 1.61 bits per heavy atom. The first-order valence-electron chi connectivity index (χ1n) is 5.90. The van der Waals surface area contributed by atoms with Gasteiger partial charge in [0.15, 0.2) is 0 Å². The molecule has 0 amide bonds. The average Bonchev–Trinajstić information content (AvgIpc) is 2.81. The van der Waals surface area contributed by atoms with E-state index in [2.05, 4.69) is 21.2 Å². The first kappa shape index (κ1) is 13.3. The molecule has 6 heteroatoms. The van der Waals surface area contributed by atoms with Crippen LogP contribution in [0.3, 0.4) is 0 Å². The van der Waals surface area contributed by atoms with Gasteiger partial charge in [0.25, 0.3) is 5.69 Å². The van der Waals surface area contributed by atoms with Gasteiger partial charge < -0.3 is 10.1 Å². The van der Waals surface area contributed by atoms with E-state index >= 15 is 0 Å². The number of halogens is 1. The van der Waals surface area contributed by atoms with Crippen molar-refractivity contribution in [2.24, 2.45) is 0 Å². The highest BCUT2D eigenvalue weighted by Gasteiger charge is 2.24. The van der Waals surface area contributed by atoms with Crippen LogP contribution >= 0.6 is 15.9 Å². The van der Waals surface area contributed by atoms with Crippen LogP contribution < -0.4 is 5.32 Å². The largest absolute Gasteiger partial charge is 0.376 e. The lowest BCUT2D eigenvalue weighted by molar-refractivity contribution is -0.384. The van der Waals surface area contributed by atoms with Gasteiger partial charge in [0, 0.05) is 23.2 Å². The van der Waals surface area contributed by atoms with Crippen LogP contribution in [-0.4, -0.2) is 23.7 Å². The molecule has 1 aromatic carbocycles. The molecule has 18 heavy (non-hydrogen) atoms. The highest BCUT2D eigenvalue weighted by molar-refractivity contribution is 9.10.